The van der Waals surface area contributed by atoms with Crippen molar-refractivity contribution < 1.29 is 18.3 Å². The topological polar surface area (TPSA) is 98.5 Å². The van der Waals surface area contributed by atoms with E-state index in [1.54, 1.807) is 38.3 Å². The van der Waals surface area contributed by atoms with Crippen LogP contribution in [0.4, 0.5) is 0 Å². The summed E-state index contributed by atoms with van der Waals surface area (Å²) in [6.07, 6.45) is 2.02. The largest absolute Gasteiger partial charge is 0.497 e. The first-order chi connectivity index (χ1) is 15.2. The molecule has 9 heteroatoms. The molecule has 170 valence electrons. The third kappa shape index (κ3) is 4.73. The third-order valence-corrected chi connectivity index (χ3v) is 7.58. The summed E-state index contributed by atoms with van der Waals surface area (Å²) in [5.74, 6) is 0.233. The zero-order chi connectivity index (χ0) is 23.5. The number of methoxy groups -OCH3 is 1. The lowest BCUT2D eigenvalue weighted by Gasteiger charge is -2.21. The number of benzene rings is 2. The van der Waals surface area contributed by atoms with Gasteiger partial charge in [-0.15, -0.1) is 0 Å². The molecule has 1 unspecified atom stereocenters. The second-order valence-electron chi connectivity index (χ2n) is 7.37. The molecule has 1 aromatic heterocycles. The average Bonchev–Trinajstić information content (AvgIpc) is 2.77. The monoisotopic (exact) mass is 520 g/mol. The zero-order valence-corrected chi connectivity index (χ0v) is 20.5. The molecule has 0 bridgehead atoms. The first-order valence-electron chi connectivity index (χ1n) is 10.2. The van der Waals surface area contributed by atoms with Gasteiger partial charge in [-0.2, -0.15) is 4.98 Å². The molecule has 7 nitrogen and oxygen atoms in total. The number of halogens is 1. The number of hydrogen-bond donors (Lipinski definition) is 1. The Balaban J connectivity index is 2.22. The van der Waals surface area contributed by atoms with Crippen molar-refractivity contribution in [1.29, 1.82) is 0 Å². The molecule has 0 radical (unpaired) electrons. The number of hydrogen-bond acceptors (Lipinski definition) is 6. The van der Waals surface area contributed by atoms with Gasteiger partial charge in [-0.1, -0.05) is 41.4 Å². The molecule has 0 fully saturated rings. The number of aromatic hydroxyl groups is 1. The molecule has 1 atom stereocenters. The smallest absolute Gasteiger partial charge is 0.277 e. The van der Waals surface area contributed by atoms with Gasteiger partial charge >= 0.3 is 0 Å². The average molecular weight is 521 g/mol. The van der Waals surface area contributed by atoms with Crippen molar-refractivity contribution >= 4 is 25.8 Å². The molecule has 32 heavy (non-hydrogen) atoms. The van der Waals surface area contributed by atoms with E-state index in [2.05, 4.69) is 20.9 Å². The van der Waals surface area contributed by atoms with Gasteiger partial charge in [0.1, 0.15) is 11.6 Å². The molecule has 0 spiro atoms. The lowest BCUT2D eigenvalue weighted by molar-refractivity contribution is 0.411. The molecule has 3 aromatic rings. The number of aryl methyl sites for hydroxylation is 1. The standard InChI is InChI=1S/C23H25BrN2O5S/c1-4-5-6-20-25-22(27)21(32(29,30)19-13-9-17(24)10-14-19)23(28)26(20)15(2)16-7-11-18(31-3)12-8-16/h7-15,27H,4-6H2,1-3H3. The highest BCUT2D eigenvalue weighted by Gasteiger charge is 2.30. The maximum Gasteiger partial charge on any atom is 0.277 e. The normalized spacial score (nSPS) is 12.5. The van der Waals surface area contributed by atoms with Gasteiger partial charge in [-0.3, -0.25) is 9.36 Å². The van der Waals surface area contributed by atoms with Crippen molar-refractivity contribution in [2.75, 3.05) is 7.11 Å². The highest BCUT2D eigenvalue weighted by atomic mass is 79.9. The van der Waals surface area contributed by atoms with Crippen LogP contribution in [0.1, 0.15) is 44.1 Å². The van der Waals surface area contributed by atoms with Crippen LogP contribution in [-0.4, -0.2) is 30.2 Å². The van der Waals surface area contributed by atoms with Crippen LogP contribution in [0.15, 0.2) is 67.6 Å². The van der Waals surface area contributed by atoms with Gasteiger partial charge in [0.2, 0.25) is 15.7 Å². The number of aromatic nitrogens is 2. The first-order valence-corrected chi connectivity index (χ1v) is 12.5. The second-order valence-corrected chi connectivity index (χ2v) is 10.2. The number of sulfone groups is 1. The Morgan fingerprint density at radius 3 is 2.31 bits per heavy atom. The van der Waals surface area contributed by atoms with Crippen LogP contribution in [0.3, 0.4) is 0 Å². The van der Waals surface area contributed by atoms with Crippen LogP contribution >= 0.6 is 15.9 Å². The Hall–Kier alpha value is -2.65. The minimum Gasteiger partial charge on any atom is -0.497 e. The van der Waals surface area contributed by atoms with E-state index >= 15 is 0 Å². The highest BCUT2D eigenvalue weighted by molar-refractivity contribution is 9.10. The van der Waals surface area contributed by atoms with E-state index in [4.69, 9.17) is 4.74 Å². The first kappa shape index (κ1) is 24.0. The van der Waals surface area contributed by atoms with Crippen molar-refractivity contribution in [3.05, 3.63) is 74.7 Å². The van der Waals surface area contributed by atoms with Crippen LogP contribution in [0.25, 0.3) is 0 Å². The van der Waals surface area contributed by atoms with Gasteiger partial charge in [0.05, 0.1) is 18.0 Å². The van der Waals surface area contributed by atoms with Crippen LogP contribution in [-0.2, 0) is 16.3 Å². The Bertz CT molecular complexity index is 1250. The minimum atomic E-state index is -4.29. The fourth-order valence-electron chi connectivity index (χ4n) is 3.46. The van der Waals surface area contributed by atoms with E-state index in [0.29, 0.717) is 22.5 Å². The summed E-state index contributed by atoms with van der Waals surface area (Å²) in [5.41, 5.74) is -0.0139. The molecule has 0 aliphatic heterocycles. The molecule has 0 aliphatic carbocycles. The predicted octanol–water partition coefficient (Wildman–Crippen LogP) is 4.50. The second kappa shape index (κ2) is 9.87. The van der Waals surface area contributed by atoms with Crippen molar-refractivity contribution in [3.63, 3.8) is 0 Å². The summed E-state index contributed by atoms with van der Waals surface area (Å²) < 4.78 is 33.8. The fraction of sp³-hybridized carbons (Fsp3) is 0.304. The molecule has 1 heterocycles. The van der Waals surface area contributed by atoms with Crippen LogP contribution < -0.4 is 10.3 Å². The SMILES string of the molecule is CCCCc1nc(O)c(S(=O)(=O)c2ccc(Br)cc2)c(=O)n1C(C)c1ccc(OC)cc1. The summed E-state index contributed by atoms with van der Waals surface area (Å²) in [4.78, 5) is 16.9. The zero-order valence-electron chi connectivity index (χ0n) is 18.1. The molecule has 2 aromatic carbocycles. The highest BCUT2D eigenvalue weighted by Crippen LogP contribution is 2.28. The molecule has 0 saturated carbocycles. The lowest BCUT2D eigenvalue weighted by Crippen LogP contribution is -2.32. The van der Waals surface area contributed by atoms with E-state index in [9.17, 15) is 18.3 Å². The van der Waals surface area contributed by atoms with Gasteiger partial charge in [0.25, 0.3) is 5.56 Å². The van der Waals surface area contributed by atoms with E-state index in [1.165, 1.54) is 16.7 Å². The van der Waals surface area contributed by atoms with Crippen molar-refractivity contribution in [3.8, 4) is 11.6 Å². The predicted molar refractivity (Wildman–Crippen MR) is 125 cm³/mol. The maximum atomic E-state index is 13.5. The number of unbranched alkanes of at least 4 members (excludes halogenated alkanes) is 1. The summed E-state index contributed by atoms with van der Waals surface area (Å²) in [5, 5.41) is 10.5. The van der Waals surface area contributed by atoms with Crippen LogP contribution in [0.5, 0.6) is 11.6 Å². The van der Waals surface area contributed by atoms with E-state index in [1.807, 2.05) is 19.1 Å². The molecule has 1 N–H and O–H groups in total. The van der Waals surface area contributed by atoms with E-state index < -0.39 is 32.2 Å². The number of rotatable bonds is 8. The van der Waals surface area contributed by atoms with Crippen molar-refractivity contribution in [1.82, 2.24) is 9.55 Å². The Morgan fingerprint density at radius 2 is 1.75 bits per heavy atom. The van der Waals surface area contributed by atoms with Gasteiger partial charge in [-0.25, -0.2) is 8.42 Å². The maximum absolute atomic E-state index is 13.5. The summed E-state index contributed by atoms with van der Waals surface area (Å²) in [6, 6.07) is 12.5. The summed E-state index contributed by atoms with van der Waals surface area (Å²) in [6.45, 7) is 3.80. The van der Waals surface area contributed by atoms with Gasteiger partial charge in [-0.05, 0) is 55.3 Å². The molecule has 0 aliphatic rings. The van der Waals surface area contributed by atoms with Gasteiger partial charge in [0, 0.05) is 10.9 Å². The molecular formula is C23H25BrN2O5S. The summed E-state index contributed by atoms with van der Waals surface area (Å²) >= 11 is 3.27. The Morgan fingerprint density at radius 1 is 1.12 bits per heavy atom. The van der Waals surface area contributed by atoms with Crippen LogP contribution in [0, 0.1) is 0 Å². The molecular weight excluding hydrogens is 496 g/mol. The van der Waals surface area contributed by atoms with E-state index in [-0.39, 0.29) is 4.90 Å². The quantitative estimate of drug-likeness (QED) is 0.469. The fourth-order valence-corrected chi connectivity index (χ4v) is 5.07. The Labute approximate surface area is 195 Å². The summed E-state index contributed by atoms with van der Waals surface area (Å²) in [7, 11) is -2.73. The Kier molecular flexibility index (Phi) is 7.40. The van der Waals surface area contributed by atoms with E-state index in [0.717, 1.165) is 18.4 Å². The third-order valence-electron chi connectivity index (χ3n) is 5.26. The minimum absolute atomic E-state index is 0.0974. The van der Waals surface area contributed by atoms with Gasteiger partial charge in [0.15, 0.2) is 4.90 Å². The molecule has 3 rings (SSSR count). The molecule has 0 saturated heterocycles. The van der Waals surface area contributed by atoms with Gasteiger partial charge < -0.3 is 9.84 Å². The lowest BCUT2D eigenvalue weighted by atomic mass is 10.1. The van der Waals surface area contributed by atoms with Crippen molar-refractivity contribution in [2.24, 2.45) is 0 Å². The molecule has 0 amide bonds. The van der Waals surface area contributed by atoms with Crippen molar-refractivity contribution in [2.45, 2.75) is 48.9 Å². The number of ether oxygens (including phenoxy) is 1. The number of nitrogens with zero attached hydrogens (tertiary/aromatic N) is 2. The van der Waals surface area contributed by atoms with Crippen LogP contribution in [0.2, 0.25) is 0 Å².